The Labute approximate surface area is 216 Å². The van der Waals surface area contributed by atoms with Gasteiger partial charge in [-0.3, -0.25) is 9.59 Å². The standard InChI is InChI=1S/C30H30N2O5/c1-18(2)32(19(3)4)28(33)21-10-6-5-9-20(21)15-31-24-12-8-7-11-22(24)30(29(31)34)16-35-25-14-27-26(13-23(25)30)36-17-37-27/h5-14,18-19H,15-17H2,1-4H3. The van der Waals surface area contributed by atoms with Crippen molar-refractivity contribution in [2.45, 2.75) is 51.7 Å². The van der Waals surface area contributed by atoms with Crippen LogP contribution in [-0.4, -0.2) is 42.2 Å². The van der Waals surface area contributed by atoms with Gasteiger partial charge in [-0.25, -0.2) is 0 Å². The van der Waals surface area contributed by atoms with Crippen molar-refractivity contribution >= 4 is 17.5 Å². The SMILES string of the molecule is CC(C)N(C(=O)c1ccccc1CN1C(=O)C2(COc3cc4c(cc32)OCO4)c2ccccc21)C(C)C. The molecule has 0 N–H and O–H groups in total. The van der Waals surface area contributed by atoms with Crippen LogP contribution in [-0.2, 0) is 16.8 Å². The highest BCUT2D eigenvalue weighted by Crippen LogP contribution is 2.55. The van der Waals surface area contributed by atoms with Crippen LogP contribution in [0.15, 0.2) is 60.7 Å². The van der Waals surface area contributed by atoms with E-state index in [4.69, 9.17) is 14.2 Å². The maximum atomic E-state index is 14.4. The number of ether oxygens (including phenoxy) is 3. The Bertz CT molecular complexity index is 1410. The van der Waals surface area contributed by atoms with Gasteiger partial charge in [0.05, 0.1) is 6.54 Å². The van der Waals surface area contributed by atoms with Crippen molar-refractivity contribution in [3.05, 3.63) is 82.9 Å². The minimum absolute atomic E-state index is 0.0301. The average Bonchev–Trinajstić information content (AvgIpc) is 3.55. The predicted molar refractivity (Wildman–Crippen MR) is 139 cm³/mol. The summed E-state index contributed by atoms with van der Waals surface area (Å²) in [5.41, 5.74) is 2.95. The molecule has 2 amide bonds. The van der Waals surface area contributed by atoms with Gasteiger partial charge in [0.1, 0.15) is 17.8 Å². The molecule has 3 aromatic rings. The fourth-order valence-corrected chi connectivity index (χ4v) is 5.96. The lowest BCUT2D eigenvalue weighted by atomic mass is 9.77. The lowest BCUT2D eigenvalue weighted by Gasteiger charge is -2.32. The van der Waals surface area contributed by atoms with Crippen LogP contribution in [0, 0.1) is 0 Å². The molecule has 7 heteroatoms. The monoisotopic (exact) mass is 498 g/mol. The van der Waals surface area contributed by atoms with Gasteiger partial charge in [0.25, 0.3) is 5.91 Å². The second-order valence-electron chi connectivity index (χ2n) is 10.4. The van der Waals surface area contributed by atoms with E-state index >= 15 is 0 Å². The van der Waals surface area contributed by atoms with Crippen LogP contribution in [0.25, 0.3) is 0 Å². The van der Waals surface area contributed by atoms with Gasteiger partial charge in [0, 0.05) is 35.0 Å². The van der Waals surface area contributed by atoms with E-state index in [1.54, 1.807) is 4.90 Å². The summed E-state index contributed by atoms with van der Waals surface area (Å²) in [6.45, 7) is 8.72. The first-order valence-corrected chi connectivity index (χ1v) is 12.7. The summed E-state index contributed by atoms with van der Waals surface area (Å²) < 4.78 is 17.2. The van der Waals surface area contributed by atoms with Crippen molar-refractivity contribution < 1.29 is 23.8 Å². The van der Waals surface area contributed by atoms with E-state index in [9.17, 15) is 9.59 Å². The first-order chi connectivity index (χ1) is 17.8. The number of rotatable bonds is 5. The van der Waals surface area contributed by atoms with E-state index in [-0.39, 0.29) is 43.8 Å². The van der Waals surface area contributed by atoms with E-state index in [1.165, 1.54) is 0 Å². The van der Waals surface area contributed by atoms with Gasteiger partial charge in [-0.1, -0.05) is 36.4 Å². The largest absolute Gasteiger partial charge is 0.491 e. The summed E-state index contributed by atoms with van der Waals surface area (Å²) in [4.78, 5) is 31.7. The van der Waals surface area contributed by atoms with Crippen LogP contribution in [0.4, 0.5) is 5.69 Å². The Morgan fingerprint density at radius 2 is 1.57 bits per heavy atom. The summed E-state index contributed by atoms with van der Waals surface area (Å²) in [7, 11) is 0. The lowest BCUT2D eigenvalue weighted by molar-refractivity contribution is -0.122. The van der Waals surface area contributed by atoms with Crippen molar-refractivity contribution in [1.29, 1.82) is 0 Å². The second-order valence-corrected chi connectivity index (χ2v) is 10.4. The first kappa shape index (κ1) is 23.4. The zero-order valence-corrected chi connectivity index (χ0v) is 21.5. The Balaban J connectivity index is 1.42. The van der Waals surface area contributed by atoms with Crippen molar-refractivity contribution in [2.75, 3.05) is 18.3 Å². The molecular weight excluding hydrogens is 468 g/mol. The molecule has 0 aromatic heterocycles. The third kappa shape index (κ3) is 3.40. The number of hydrogen-bond acceptors (Lipinski definition) is 5. The normalized spacial score (nSPS) is 19.0. The number of hydrogen-bond donors (Lipinski definition) is 0. The summed E-state index contributed by atoms with van der Waals surface area (Å²) in [6.07, 6.45) is 0. The molecular formula is C30H30N2O5. The van der Waals surface area contributed by atoms with Gasteiger partial charge in [-0.15, -0.1) is 0 Å². The quantitative estimate of drug-likeness (QED) is 0.501. The molecule has 3 aliphatic rings. The van der Waals surface area contributed by atoms with Crippen LogP contribution in [0.3, 0.4) is 0 Å². The van der Waals surface area contributed by atoms with E-state index < -0.39 is 5.41 Å². The van der Waals surface area contributed by atoms with Crippen molar-refractivity contribution in [2.24, 2.45) is 0 Å². The molecule has 0 saturated carbocycles. The third-order valence-corrected chi connectivity index (χ3v) is 7.57. The molecule has 1 atom stereocenters. The highest BCUT2D eigenvalue weighted by atomic mass is 16.7. The Morgan fingerprint density at radius 3 is 2.32 bits per heavy atom. The van der Waals surface area contributed by atoms with E-state index in [0.29, 0.717) is 22.8 Å². The number of fused-ring (bicyclic) bond motifs is 5. The highest BCUT2D eigenvalue weighted by molar-refractivity contribution is 6.11. The first-order valence-electron chi connectivity index (χ1n) is 12.7. The van der Waals surface area contributed by atoms with Crippen molar-refractivity contribution in [3.63, 3.8) is 0 Å². The number of anilines is 1. The molecule has 1 spiro atoms. The second kappa shape index (κ2) is 8.54. The highest BCUT2D eigenvalue weighted by Gasteiger charge is 2.57. The van der Waals surface area contributed by atoms with Gasteiger partial charge in [-0.05, 0) is 57.0 Å². The van der Waals surface area contributed by atoms with Gasteiger partial charge in [0.2, 0.25) is 12.7 Å². The van der Waals surface area contributed by atoms with E-state index in [1.807, 2.05) is 93.3 Å². The van der Waals surface area contributed by atoms with Crippen molar-refractivity contribution in [1.82, 2.24) is 4.90 Å². The molecule has 3 heterocycles. The smallest absolute Gasteiger partial charge is 0.254 e. The van der Waals surface area contributed by atoms with Gasteiger partial charge >= 0.3 is 0 Å². The molecule has 0 bridgehead atoms. The molecule has 0 saturated heterocycles. The number of benzene rings is 3. The minimum atomic E-state index is -0.978. The minimum Gasteiger partial charge on any atom is -0.491 e. The summed E-state index contributed by atoms with van der Waals surface area (Å²) in [5, 5.41) is 0. The van der Waals surface area contributed by atoms with Crippen LogP contribution < -0.4 is 19.1 Å². The van der Waals surface area contributed by atoms with Gasteiger partial charge < -0.3 is 24.0 Å². The van der Waals surface area contributed by atoms with E-state index in [0.717, 1.165) is 22.4 Å². The Morgan fingerprint density at radius 1 is 0.892 bits per heavy atom. The Hall–Kier alpha value is -4.00. The fraction of sp³-hybridized carbons (Fsp3) is 0.333. The summed E-state index contributed by atoms with van der Waals surface area (Å²) in [5.74, 6) is 1.77. The molecule has 0 radical (unpaired) electrons. The van der Waals surface area contributed by atoms with Crippen molar-refractivity contribution in [3.8, 4) is 17.2 Å². The van der Waals surface area contributed by atoms with Crippen LogP contribution in [0.2, 0.25) is 0 Å². The zero-order valence-electron chi connectivity index (χ0n) is 21.5. The molecule has 0 fully saturated rings. The fourth-order valence-electron chi connectivity index (χ4n) is 5.96. The maximum Gasteiger partial charge on any atom is 0.254 e. The maximum absolute atomic E-state index is 14.4. The number of nitrogens with zero attached hydrogens (tertiary/aromatic N) is 2. The number of carbonyl (C=O) groups excluding carboxylic acids is 2. The summed E-state index contributed by atoms with van der Waals surface area (Å²) >= 11 is 0. The molecule has 1 unspecified atom stereocenters. The molecule has 0 aliphatic carbocycles. The zero-order chi connectivity index (χ0) is 25.9. The average molecular weight is 499 g/mol. The Kier molecular flexibility index (Phi) is 5.40. The third-order valence-electron chi connectivity index (χ3n) is 7.57. The summed E-state index contributed by atoms with van der Waals surface area (Å²) in [6, 6.07) is 19.2. The number of amides is 2. The van der Waals surface area contributed by atoms with Gasteiger partial charge in [-0.2, -0.15) is 0 Å². The number of para-hydroxylation sites is 1. The lowest BCUT2D eigenvalue weighted by Crippen LogP contribution is -2.44. The molecule has 7 nitrogen and oxygen atoms in total. The number of carbonyl (C=O) groups is 2. The van der Waals surface area contributed by atoms with E-state index in [2.05, 4.69) is 0 Å². The molecule has 37 heavy (non-hydrogen) atoms. The molecule has 3 aromatic carbocycles. The van der Waals surface area contributed by atoms with Crippen LogP contribution in [0.1, 0.15) is 54.7 Å². The van der Waals surface area contributed by atoms with Gasteiger partial charge in [0.15, 0.2) is 11.5 Å². The predicted octanol–water partition coefficient (Wildman–Crippen LogP) is 4.90. The topological polar surface area (TPSA) is 68.3 Å². The molecule has 3 aliphatic heterocycles. The van der Waals surface area contributed by atoms with Crippen LogP contribution in [0.5, 0.6) is 17.2 Å². The van der Waals surface area contributed by atoms with Crippen LogP contribution >= 0.6 is 0 Å². The molecule has 6 rings (SSSR count). The molecule has 190 valence electrons.